The maximum absolute atomic E-state index is 12.3. The molecule has 1 heterocycles. The summed E-state index contributed by atoms with van der Waals surface area (Å²) >= 11 is 6.03. The second kappa shape index (κ2) is 10.5. The van der Waals surface area contributed by atoms with Crippen molar-refractivity contribution in [1.82, 2.24) is 20.8 Å². The molecule has 0 aliphatic heterocycles. The number of hydrogen-bond donors (Lipinski definition) is 2. The Morgan fingerprint density at radius 2 is 1.86 bits per heavy atom. The fraction of sp³-hybridized carbons (Fsp3) is 0.368. The van der Waals surface area contributed by atoms with Crippen molar-refractivity contribution in [3.8, 4) is 5.75 Å². The molecule has 2 rings (SSSR count). The van der Waals surface area contributed by atoms with Crippen molar-refractivity contribution in [1.29, 1.82) is 0 Å². The Balaban J connectivity index is 1.94. The third-order valence-corrected chi connectivity index (χ3v) is 4.30. The zero-order chi connectivity index (χ0) is 20.5. The highest BCUT2D eigenvalue weighted by Gasteiger charge is 2.17. The number of rotatable bonds is 8. The van der Waals surface area contributed by atoms with Gasteiger partial charge in [-0.05, 0) is 31.9 Å². The SMILES string of the molecule is CCc1ccccc1OCC(=O)NNC(=O)c1nc(N(CC)CC)ncc1Cl. The van der Waals surface area contributed by atoms with Crippen LogP contribution in [-0.2, 0) is 11.2 Å². The molecule has 28 heavy (non-hydrogen) atoms. The van der Waals surface area contributed by atoms with Crippen molar-refractivity contribution in [2.75, 3.05) is 24.6 Å². The van der Waals surface area contributed by atoms with E-state index in [9.17, 15) is 9.59 Å². The van der Waals surface area contributed by atoms with Gasteiger partial charge in [0.15, 0.2) is 12.3 Å². The van der Waals surface area contributed by atoms with Crippen LogP contribution in [0.2, 0.25) is 5.02 Å². The molecule has 150 valence electrons. The monoisotopic (exact) mass is 405 g/mol. The molecule has 2 amide bonds. The van der Waals surface area contributed by atoms with Crippen molar-refractivity contribution in [2.45, 2.75) is 27.2 Å². The Labute approximate surface area is 169 Å². The minimum atomic E-state index is -0.636. The fourth-order valence-corrected chi connectivity index (χ4v) is 2.65. The fourth-order valence-electron chi connectivity index (χ4n) is 2.48. The van der Waals surface area contributed by atoms with E-state index in [-0.39, 0.29) is 17.3 Å². The average molecular weight is 406 g/mol. The minimum absolute atomic E-state index is 0.0175. The van der Waals surface area contributed by atoms with Gasteiger partial charge in [0.05, 0.1) is 11.2 Å². The molecule has 1 aromatic heterocycles. The lowest BCUT2D eigenvalue weighted by Crippen LogP contribution is -2.44. The summed E-state index contributed by atoms with van der Waals surface area (Å²) in [6.45, 7) is 7.05. The van der Waals surface area contributed by atoms with Crippen molar-refractivity contribution in [3.05, 3.63) is 46.7 Å². The van der Waals surface area contributed by atoms with Gasteiger partial charge in [0.2, 0.25) is 5.95 Å². The lowest BCUT2D eigenvalue weighted by Gasteiger charge is -2.19. The van der Waals surface area contributed by atoms with Crippen LogP contribution in [0.5, 0.6) is 5.75 Å². The molecular weight excluding hydrogens is 382 g/mol. The molecule has 2 aromatic rings. The first-order valence-electron chi connectivity index (χ1n) is 9.07. The number of anilines is 1. The van der Waals surface area contributed by atoms with Gasteiger partial charge in [-0.1, -0.05) is 36.7 Å². The molecule has 1 aromatic carbocycles. The highest BCUT2D eigenvalue weighted by molar-refractivity contribution is 6.33. The van der Waals surface area contributed by atoms with Gasteiger partial charge in [0, 0.05) is 13.1 Å². The summed E-state index contributed by atoms with van der Waals surface area (Å²) in [5.41, 5.74) is 5.57. The van der Waals surface area contributed by atoms with E-state index in [1.165, 1.54) is 6.20 Å². The van der Waals surface area contributed by atoms with Crippen molar-refractivity contribution in [2.24, 2.45) is 0 Å². The number of carbonyl (C=O) groups is 2. The number of halogens is 1. The predicted octanol–water partition coefficient (Wildman–Crippen LogP) is 2.38. The first kappa shape index (κ1) is 21.4. The molecule has 0 spiro atoms. The van der Waals surface area contributed by atoms with Gasteiger partial charge in [0.1, 0.15) is 5.75 Å². The zero-order valence-corrected chi connectivity index (χ0v) is 16.9. The third-order valence-electron chi connectivity index (χ3n) is 4.02. The van der Waals surface area contributed by atoms with E-state index in [4.69, 9.17) is 16.3 Å². The molecule has 0 radical (unpaired) electrons. The highest BCUT2D eigenvalue weighted by atomic mass is 35.5. The lowest BCUT2D eigenvalue weighted by atomic mass is 10.1. The zero-order valence-electron chi connectivity index (χ0n) is 16.2. The smallest absolute Gasteiger partial charge is 0.290 e. The van der Waals surface area contributed by atoms with Gasteiger partial charge in [-0.15, -0.1) is 0 Å². The van der Waals surface area contributed by atoms with Gasteiger partial charge in [0.25, 0.3) is 11.8 Å². The summed E-state index contributed by atoms with van der Waals surface area (Å²) in [7, 11) is 0. The summed E-state index contributed by atoms with van der Waals surface area (Å²) in [4.78, 5) is 34.5. The van der Waals surface area contributed by atoms with Gasteiger partial charge in [-0.25, -0.2) is 9.97 Å². The maximum Gasteiger partial charge on any atom is 0.290 e. The molecule has 2 N–H and O–H groups in total. The van der Waals surface area contributed by atoms with Crippen LogP contribution in [0.15, 0.2) is 30.5 Å². The van der Waals surface area contributed by atoms with Crippen LogP contribution in [0.1, 0.15) is 36.8 Å². The van der Waals surface area contributed by atoms with E-state index >= 15 is 0 Å². The van der Waals surface area contributed by atoms with Crippen LogP contribution < -0.4 is 20.5 Å². The lowest BCUT2D eigenvalue weighted by molar-refractivity contribution is -0.123. The molecular formula is C19H24ClN5O3. The number of hydrazine groups is 1. The van der Waals surface area contributed by atoms with Crippen LogP contribution in [0, 0.1) is 0 Å². The minimum Gasteiger partial charge on any atom is -0.483 e. The second-order valence-corrected chi connectivity index (χ2v) is 6.20. The maximum atomic E-state index is 12.3. The molecule has 8 nitrogen and oxygen atoms in total. The first-order chi connectivity index (χ1) is 13.5. The van der Waals surface area contributed by atoms with Crippen LogP contribution >= 0.6 is 11.6 Å². The Morgan fingerprint density at radius 1 is 1.14 bits per heavy atom. The standard InChI is InChI=1S/C19H24ClN5O3/c1-4-13-9-7-8-10-15(13)28-12-16(26)23-24-18(27)17-14(20)11-21-19(22-17)25(5-2)6-3/h7-11H,4-6,12H2,1-3H3,(H,23,26)(H,24,27). The van der Waals surface area contributed by atoms with Crippen LogP contribution in [0.3, 0.4) is 0 Å². The molecule has 0 fully saturated rings. The van der Waals surface area contributed by atoms with Gasteiger partial charge in [-0.3, -0.25) is 20.4 Å². The predicted molar refractivity (Wildman–Crippen MR) is 108 cm³/mol. The number of aromatic nitrogens is 2. The Kier molecular flexibility index (Phi) is 8.01. The molecule has 0 atom stereocenters. The average Bonchev–Trinajstić information content (AvgIpc) is 2.72. The highest BCUT2D eigenvalue weighted by Crippen LogP contribution is 2.18. The topological polar surface area (TPSA) is 96.5 Å². The van der Waals surface area contributed by atoms with Crippen LogP contribution in [0.25, 0.3) is 0 Å². The van der Waals surface area contributed by atoms with E-state index in [1.807, 2.05) is 43.9 Å². The number of benzene rings is 1. The molecule has 0 saturated carbocycles. The number of aryl methyl sites for hydroxylation is 1. The van der Waals surface area contributed by atoms with E-state index in [1.54, 1.807) is 6.07 Å². The Hall–Kier alpha value is -2.87. The van der Waals surface area contributed by atoms with E-state index in [0.717, 1.165) is 12.0 Å². The van der Waals surface area contributed by atoms with Gasteiger partial charge >= 0.3 is 0 Å². The number of carbonyl (C=O) groups excluding carboxylic acids is 2. The summed E-state index contributed by atoms with van der Waals surface area (Å²) in [5.74, 6) is -0.115. The second-order valence-electron chi connectivity index (χ2n) is 5.79. The summed E-state index contributed by atoms with van der Waals surface area (Å²) < 4.78 is 5.51. The Bertz CT molecular complexity index is 827. The number of ether oxygens (including phenoxy) is 1. The number of nitrogens with one attached hydrogen (secondary N) is 2. The normalized spacial score (nSPS) is 10.3. The van der Waals surface area contributed by atoms with Crippen LogP contribution in [-0.4, -0.2) is 41.5 Å². The van der Waals surface area contributed by atoms with E-state index in [2.05, 4.69) is 20.8 Å². The summed E-state index contributed by atoms with van der Waals surface area (Å²) in [6, 6.07) is 7.46. The number of para-hydroxylation sites is 1. The van der Waals surface area contributed by atoms with Crippen molar-refractivity contribution in [3.63, 3.8) is 0 Å². The quantitative estimate of drug-likeness (QED) is 0.654. The molecule has 9 heteroatoms. The Morgan fingerprint density at radius 3 is 2.54 bits per heavy atom. The van der Waals surface area contributed by atoms with Gasteiger partial charge < -0.3 is 9.64 Å². The third kappa shape index (κ3) is 5.56. The molecule has 0 unspecified atom stereocenters. The van der Waals surface area contributed by atoms with Crippen molar-refractivity contribution < 1.29 is 14.3 Å². The van der Waals surface area contributed by atoms with Crippen molar-refractivity contribution >= 4 is 29.4 Å². The number of nitrogens with zero attached hydrogens (tertiary/aromatic N) is 3. The van der Waals surface area contributed by atoms with E-state index < -0.39 is 11.8 Å². The molecule has 0 saturated heterocycles. The molecule has 0 bridgehead atoms. The van der Waals surface area contributed by atoms with Gasteiger partial charge in [-0.2, -0.15) is 0 Å². The number of hydrogen-bond acceptors (Lipinski definition) is 6. The number of amides is 2. The molecule has 0 aliphatic carbocycles. The van der Waals surface area contributed by atoms with Crippen LogP contribution in [0.4, 0.5) is 5.95 Å². The summed E-state index contributed by atoms with van der Waals surface area (Å²) in [5, 5.41) is 0.0933. The first-order valence-corrected chi connectivity index (χ1v) is 9.45. The summed E-state index contributed by atoms with van der Waals surface area (Å²) in [6.07, 6.45) is 2.15. The molecule has 0 aliphatic rings. The van der Waals surface area contributed by atoms with E-state index in [0.29, 0.717) is 24.8 Å². The largest absolute Gasteiger partial charge is 0.483 e.